The summed E-state index contributed by atoms with van der Waals surface area (Å²) in [4.78, 5) is 6.46. The van der Waals surface area contributed by atoms with Crippen LogP contribution in [0.1, 0.15) is 53.4 Å². The van der Waals surface area contributed by atoms with Crippen LogP contribution in [0.15, 0.2) is 53.1 Å². The molecule has 0 amide bonds. The number of thioether (sulfide) groups is 1. The van der Waals surface area contributed by atoms with Gasteiger partial charge in [-0.2, -0.15) is 4.99 Å². The van der Waals surface area contributed by atoms with Crippen LogP contribution in [0, 0.1) is 5.41 Å². The monoisotopic (exact) mass is 582 g/mol. The van der Waals surface area contributed by atoms with E-state index in [2.05, 4.69) is 44.1 Å². The van der Waals surface area contributed by atoms with Gasteiger partial charge in [-0.15, -0.1) is 0 Å². The maximum atomic E-state index is 6.08. The molecule has 35 heavy (non-hydrogen) atoms. The molecule has 2 aliphatic rings. The zero-order valence-electron chi connectivity index (χ0n) is 22.1. The Morgan fingerprint density at radius 2 is 1.94 bits per heavy atom. The van der Waals surface area contributed by atoms with Crippen LogP contribution in [-0.4, -0.2) is 53.0 Å². The molecule has 0 bridgehead atoms. The number of thiocarbonyl (C=S) groups is 1. The average Bonchev–Trinajstić information content (AvgIpc) is 3.57. The summed E-state index contributed by atoms with van der Waals surface area (Å²) in [6.07, 6.45) is 11.4. The fourth-order valence-electron chi connectivity index (χ4n) is 3.29. The van der Waals surface area contributed by atoms with E-state index in [0.29, 0.717) is 28.3 Å². The molecule has 2 atom stereocenters. The lowest BCUT2D eigenvalue weighted by molar-refractivity contribution is 0.198. The highest BCUT2D eigenvalue weighted by molar-refractivity contribution is 9.09. The first-order chi connectivity index (χ1) is 16.7. The largest absolute Gasteiger partial charge is 0.492 e. The molecule has 2 aliphatic carbocycles. The van der Waals surface area contributed by atoms with Gasteiger partial charge >= 0.3 is 0 Å². The standard InChI is InChI=1S/C21H30N4OS2.C4H8.C2H5Br/c1-15(25(2)3)13-26-18-9-7-17(8-10-18)23-20(27)24-19(22)28-14-21-11-5-4-6-16(21)12-21;1-3-4-2;1-2-3/h6-10,15H,4-5,11-14H2,1-3H3,(H3,22,23,24,27);3-4H,1-2H3;2H2,1H3/b;4-3-;. The van der Waals surface area contributed by atoms with Crippen molar-refractivity contribution in [2.45, 2.75) is 59.4 Å². The minimum Gasteiger partial charge on any atom is -0.492 e. The number of anilines is 1. The van der Waals surface area contributed by atoms with Crippen LogP contribution >= 0.6 is 39.9 Å². The lowest BCUT2D eigenvalue weighted by Crippen LogP contribution is -2.30. The minimum atomic E-state index is 0.357. The highest BCUT2D eigenvalue weighted by atomic mass is 79.9. The van der Waals surface area contributed by atoms with E-state index >= 15 is 0 Å². The molecule has 0 heterocycles. The summed E-state index contributed by atoms with van der Waals surface area (Å²) < 4.78 is 5.80. The van der Waals surface area contributed by atoms with E-state index in [4.69, 9.17) is 22.7 Å². The quantitative estimate of drug-likeness (QED) is 0.116. The van der Waals surface area contributed by atoms with Crippen LogP contribution in [0.5, 0.6) is 5.75 Å². The van der Waals surface area contributed by atoms with Gasteiger partial charge in [-0.1, -0.05) is 58.4 Å². The number of aliphatic imine (C=N–C) groups is 1. The van der Waals surface area contributed by atoms with Crippen molar-refractivity contribution in [2.24, 2.45) is 16.1 Å². The number of amidine groups is 1. The molecule has 0 aliphatic heterocycles. The summed E-state index contributed by atoms with van der Waals surface area (Å²) in [6.45, 7) is 8.82. The van der Waals surface area contributed by atoms with Crippen molar-refractivity contribution in [3.63, 3.8) is 0 Å². The number of hydrogen-bond donors (Lipinski definition) is 2. The number of halogens is 1. The number of benzene rings is 1. The number of likely N-dealkylation sites (N-methyl/N-ethyl adjacent to an activating group) is 1. The lowest BCUT2D eigenvalue weighted by Gasteiger charge is -2.20. The Morgan fingerprint density at radius 3 is 2.49 bits per heavy atom. The zero-order chi connectivity index (χ0) is 26.3. The van der Waals surface area contributed by atoms with E-state index in [1.54, 1.807) is 17.3 Å². The molecular weight excluding hydrogens is 540 g/mol. The number of fused-ring (bicyclic) bond motifs is 1. The van der Waals surface area contributed by atoms with Gasteiger partial charge < -0.3 is 20.7 Å². The maximum absolute atomic E-state index is 6.08. The number of nitrogens with two attached hydrogens (primary N) is 1. The van der Waals surface area contributed by atoms with Gasteiger partial charge in [0.15, 0.2) is 10.3 Å². The van der Waals surface area contributed by atoms with Gasteiger partial charge in [-0.05, 0) is 97.0 Å². The number of nitrogens with zero attached hydrogens (tertiary/aromatic N) is 2. The first-order valence-corrected chi connectivity index (χ1v) is 14.7. The Labute approximate surface area is 231 Å². The molecule has 2 unspecified atom stereocenters. The Morgan fingerprint density at radius 1 is 1.31 bits per heavy atom. The van der Waals surface area contributed by atoms with Gasteiger partial charge in [-0.3, -0.25) is 0 Å². The van der Waals surface area contributed by atoms with Crippen LogP contribution in [0.4, 0.5) is 5.69 Å². The van der Waals surface area contributed by atoms with Crippen molar-refractivity contribution in [3.05, 3.63) is 48.1 Å². The summed E-state index contributed by atoms with van der Waals surface area (Å²) in [5, 5.41) is 5.09. The second kappa shape index (κ2) is 17.2. The Hall–Kier alpha value is -1.35. The molecular formula is C27H43BrN4OS2. The van der Waals surface area contributed by atoms with Crippen molar-refractivity contribution in [3.8, 4) is 5.75 Å². The summed E-state index contributed by atoms with van der Waals surface area (Å²) >= 11 is 10.1. The number of alkyl halides is 1. The molecule has 3 N–H and O–H groups in total. The summed E-state index contributed by atoms with van der Waals surface area (Å²) in [7, 11) is 4.09. The SMILES string of the molecule is C/C=C\C.CC(COc1ccc(NC(=S)/N=C(\N)SCC23CCCC=C2C3)cc1)N(C)C.CCBr. The summed E-state index contributed by atoms with van der Waals surface area (Å²) in [6, 6.07) is 8.08. The Kier molecular flexibility index (Phi) is 15.5. The summed E-state index contributed by atoms with van der Waals surface area (Å²) in [5.74, 6) is 1.84. The predicted octanol–water partition coefficient (Wildman–Crippen LogP) is 7.24. The van der Waals surface area contributed by atoms with Crippen molar-refractivity contribution >= 4 is 55.9 Å². The molecule has 196 valence electrons. The average molecular weight is 584 g/mol. The van der Waals surface area contributed by atoms with Crippen LogP contribution < -0.4 is 15.8 Å². The fourth-order valence-corrected chi connectivity index (χ4v) is 4.57. The van der Waals surface area contributed by atoms with Crippen LogP contribution in [0.3, 0.4) is 0 Å². The molecule has 0 spiro atoms. The van der Waals surface area contributed by atoms with E-state index in [9.17, 15) is 0 Å². The zero-order valence-corrected chi connectivity index (χ0v) is 25.4. The number of ether oxygens (including phenoxy) is 1. The van der Waals surface area contributed by atoms with Crippen molar-refractivity contribution in [1.82, 2.24) is 4.90 Å². The number of nitrogens with one attached hydrogen (secondary N) is 1. The second-order valence-corrected chi connectivity index (χ2v) is 11.3. The first kappa shape index (κ1) is 31.7. The van der Waals surface area contributed by atoms with Gasteiger partial charge in [-0.25, -0.2) is 0 Å². The molecule has 0 aromatic heterocycles. The molecule has 0 saturated heterocycles. The third-order valence-corrected chi connectivity index (χ3v) is 7.13. The Bertz CT molecular complexity index is 851. The molecule has 8 heteroatoms. The number of allylic oxidation sites excluding steroid dienone is 4. The number of hydrogen-bond acceptors (Lipinski definition) is 4. The van der Waals surface area contributed by atoms with Gasteiger partial charge in [0.1, 0.15) is 12.4 Å². The van der Waals surface area contributed by atoms with E-state index in [1.807, 2.05) is 71.3 Å². The Balaban J connectivity index is 0.000000778. The minimum absolute atomic E-state index is 0.357. The van der Waals surface area contributed by atoms with Crippen LogP contribution in [0.25, 0.3) is 0 Å². The third-order valence-electron chi connectivity index (χ3n) is 5.85. The van der Waals surface area contributed by atoms with Crippen molar-refractivity contribution in [1.29, 1.82) is 0 Å². The molecule has 1 aromatic rings. The topological polar surface area (TPSA) is 62.9 Å². The van der Waals surface area contributed by atoms with Crippen LogP contribution in [-0.2, 0) is 0 Å². The molecule has 1 saturated carbocycles. The summed E-state index contributed by atoms with van der Waals surface area (Å²) in [5.41, 5.74) is 8.97. The van der Waals surface area contributed by atoms with Gasteiger partial charge in [0.25, 0.3) is 0 Å². The highest BCUT2D eigenvalue weighted by Gasteiger charge is 2.48. The van der Waals surface area contributed by atoms with E-state index in [-0.39, 0.29) is 0 Å². The molecule has 5 nitrogen and oxygen atoms in total. The van der Waals surface area contributed by atoms with E-state index in [0.717, 1.165) is 22.5 Å². The maximum Gasteiger partial charge on any atom is 0.199 e. The van der Waals surface area contributed by atoms with Crippen LogP contribution in [0.2, 0.25) is 0 Å². The first-order valence-electron chi connectivity index (χ1n) is 12.2. The van der Waals surface area contributed by atoms with Gasteiger partial charge in [0, 0.05) is 28.2 Å². The molecule has 1 fully saturated rings. The van der Waals surface area contributed by atoms with E-state index in [1.165, 1.54) is 25.7 Å². The smallest absolute Gasteiger partial charge is 0.199 e. The van der Waals surface area contributed by atoms with Crippen molar-refractivity contribution in [2.75, 3.05) is 37.1 Å². The third kappa shape index (κ3) is 12.4. The highest BCUT2D eigenvalue weighted by Crippen LogP contribution is 2.59. The lowest BCUT2D eigenvalue weighted by atomic mass is 9.96. The van der Waals surface area contributed by atoms with Gasteiger partial charge in [0.05, 0.1) is 0 Å². The normalized spacial score (nSPS) is 19.4. The second-order valence-electron chi connectivity index (χ2n) is 8.83. The van der Waals surface area contributed by atoms with Gasteiger partial charge in [0.2, 0.25) is 0 Å². The molecule has 1 aromatic carbocycles. The fraction of sp³-hybridized carbons (Fsp3) is 0.556. The molecule has 3 rings (SSSR count). The van der Waals surface area contributed by atoms with E-state index < -0.39 is 0 Å². The molecule has 0 radical (unpaired) electrons. The predicted molar refractivity (Wildman–Crippen MR) is 164 cm³/mol. The number of rotatable bonds is 7. The van der Waals surface area contributed by atoms with Crippen molar-refractivity contribution < 1.29 is 4.74 Å².